The second-order valence-corrected chi connectivity index (χ2v) is 7.11. The molecule has 2 unspecified atom stereocenters. The van der Waals surface area contributed by atoms with Gasteiger partial charge in [-0.05, 0) is 25.0 Å². The minimum Gasteiger partial charge on any atom is -0.327 e. The Bertz CT molecular complexity index is 696. The summed E-state index contributed by atoms with van der Waals surface area (Å²) in [6, 6.07) is 0.852. The Labute approximate surface area is 142 Å². The molecule has 136 valence electrons. The third-order valence-electron chi connectivity index (χ3n) is 3.60. The van der Waals surface area contributed by atoms with Crippen molar-refractivity contribution in [2.45, 2.75) is 36.0 Å². The molecule has 24 heavy (non-hydrogen) atoms. The molecule has 1 fully saturated rings. The van der Waals surface area contributed by atoms with E-state index in [1.54, 1.807) is 0 Å². The number of nitro groups is 1. The summed E-state index contributed by atoms with van der Waals surface area (Å²) in [6.07, 6.45) is -5.07. The Kier molecular flexibility index (Phi) is 6.20. The van der Waals surface area contributed by atoms with Crippen molar-refractivity contribution in [3.63, 3.8) is 0 Å². The van der Waals surface area contributed by atoms with Crippen LogP contribution in [-0.2, 0) is 10.0 Å². The fraction of sp³-hybridized carbons (Fsp3) is 0.500. The topological polar surface area (TPSA) is 107 Å². The molecule has 1 heterocycles. The Hall–Kier alpha value is -1.43. The summed E-state index contributed by atoms with van der Waals surface area (Å²) in [5, 5.41) is 10.6. The third-order valence-corrected chi connectivity index (χ3v) is 5.49. The van der Waals surface area contributed by atoms with E-state index in [0.717, 1.165) is 24.3 Å². The second-order valence-electron chi connectivity index (χ2n) is 5.22. The fourth-order valence-corrected chi connectivity index (χ4v) is 4.13. The number of nitro benzene ring substituents is 1. The lowest BCUT2D eigenvalue weighted by molar-refractivity contribution is -0.384. The van der Waals surface area contributed by atoms with Crippen molar-refractivity contribution in [1.82, 2.24) is 4.31 Å². The first-order valence-electron chi connectivity index (χ1n) is 6.62. The molecule has 0 bridgehead atoms. The van der Waals surface area contributed by atoms with Crippen LogP contribution in [0.15, 0.2) is 29.2 Å². The number of nitrogens with two attached hydrogens (primary N) is 1. The molecule has 12 heteroatoms. The number of sulfonamides is 1. The highest BCUT2D eigenvalue weighted by Gasteiger charge is 2.50. The summed E-state index contributed by atoms with van der Waals surface area (Å²) in [7, 11) is -4.46. The Balaban J connectivity index is 0.00000288. The van der Waals surface area contributed by atoms with E-state index in [4.69, 9.17) is 5.73 Å². The number of hydrogen-bond acceptors (Lipinski definition) is 5. The minimum absolute atomic E-state index is 0. The van der Waals surface area contributed by atoms with Gasteiger partial charge < -0.3 is 5.73 Å². The minimum atomic E-state index is -4.71. The van der Waals surface area contributed by atoms with Crippen LogP contribution in [0, 0.1) is 10.1 Å². The van der Waals surface area contributed by atoms with Gasteiger partial charge in [0.15, 0.2) is 0 Å². The molecule has 7 nitrogen and oxygen atoms in total. The normalized spacial score (nSPS) is 22.7. The quantitative estimate of drug-likeness (QED) is 0.629. The monoisotopic (exact) mass is 389 g/mol. The number of halogens is 4. The van der Waals surface area contributed by atoms with Gasteiger partial charge in [0, 0.05) is 24.7 Å². The summed E-state index contributed by atoms with van der Waals surface area (Å²) in [5.74, 6) is 0. The molecule has 1 aliphatic rings. The maximum atomic E-state index is 13.1. The zero-order valence-electron chi connectivity index (χ0n) is 12.1. The number of benzene rings is 1. The van der Waals surface area contributed by atoms with Crippen molar-refractivity contribution >= 4 is 28.1 Å². The summed E-state index contributed by atoms with van der Waals surface area (Å²) >= 11 is 0. The molecule has 1 aromatic carbocycles. The standard InChI is InChI=1S/C12H14F3N3O4S.ClH/c13-12(14,15)11-6-1-8(16)7-17(11)23(21,22)10-4-2-9(3-5-10)18(19)20;/h2-5,8,11H,1,6-7,16H2;1H. The molecule has 0 spiro atoms. The molecular formula is C12H15ClF3N3O4S. The van der Waals surface area contributed by atoms with E-state index in [0.29, 0.717) is 4.31 Å². The van der Waals surface area contributed by atoms with Crippen LogP contribution in [0.3, 0.4) is 0 Å². The van der Waals surface area contributed by atoms with E-state index in [1.807, 2.05) is 0 Å². The zero-order valence-corrected chi connectivity index (χ0v) is 13.8. The van der Waals surface area contributed by atoms with Crippen LogP contribution in [-0.4, -0.2) is 42.5 Å². The molecule has 1 aliphatic heterocycles. The van der Waals surface area contributed by atoms with Crippen molar-refractivity contribution in [3.8, 4) is 0 Å². The molecule has 0 radical (unpaired) electrons. The van der Waals surface area contributed by atoms with Crippen LogP contribution in [0.25, 0.3) is 0 Å². The van der Waals surface area contributed by atoms with Gasteiger partial charge in [-0.3, -0.25) is 10.1 Å². The van der Waals surface area contributed by atoms with Crippen LogP contribution < -0.4 is 5.73 Å². The number of alkyl halides is 3. The number of piperidine rings is 1. The Morgan fingerprint density at radius 3 is 2.21 bits per heavy atom. The Morgan fingerprint density at radius 2 is 1.75 bits per heavy atom. The highest BCUT2D eigenvalue weighted by molar-refractivity contribution is 7.89. The van der Waals surface area contributed by atoms with Crippen LogP contribution in [0.4, 0.5) is 18.9 Å². The Morgan fingerprint density at radius 1 is 1.21 bits per heavy atom. The van der Waals surface area contributed by atoms with Gasteiger partial charge in [-0.1, -0.05) is 0 Å². The average Bonchev–Trinajstić information content (AvgIpc) is 2.46. The average molecular weight is 390 g/mol. The van der Waals surface area contributed by atoms with Gasteiger partial charge in [-0.15, -0.1) is 12.4 Å². The molecule has 2 N–H and O–H groups in total. The number of hydrogen-bond donors (Lipinski definition) is 1. The molecular weight excluding hydrogens is 375 g/mol. The van der Waals surface area contributed by atoms with Gasteiger partial charge in [-0.25, -0.2) is 8.42 Å². The summed E-state index contributed by atoms with van der Waals surface area (Å²) in [5.41, 5.74) is 5.25. The fourth-order valence-electron chi connectivity index (χ4n) is 2.43. The predicted molar refractivity (Wildman–Crippen MR) is 81.3 cm³/mol. The number of rotatable bonds is 3. The van der Waals surface area contributed by atoms with E-state index in [9.17, 15) is 31.7 Å². The van der Waals surface area contributed by atoms with Crippen molar-refractivity contribution in [3.05, 3.63) is 34.4 Å². The van der Waals surface area contributed by atoms with Gasteiger partial charge in [0.2, 0.25) is 10.0 Å². The first-order valence-corrected chi connectivity index (χ1v) is 8.06. The van der Waals surface area contributed by atoms with Gasteiger partial charge >= 0.3 is 6.18 Å². The molecule has 2 rings (SSSR count). The lowest BCUT2D eigenvalue weighted by Gasteiger charge is -2.38. The molecule has 0 amide bonds. The maximum absolute atomic E-state index is 13.1. The summed E-state index contributed by atoms with van der Waals surface area (Å²) in [4.78, 5) is 9.40. The lowest BCUT2D eigenvalue weighted by atomic mass is 10.0. The number of non-ortho nitro benzene ring substituents is 1. The first kappa shape index (κ1) is 20.6. The van der Waals surface area contributed by atoms with E-state index in [1.165, 1.54) is 0 Å². The van der Waals surface area contributed by atoms with Gasteiger partial charge in [-0.2, -0.15) is 17.5 Å². The second kappa shape index (κ2) is 7.21. The van der Waals surface area contributed by atoms with Crippen molar-refractivity contribution < 1.29 is 26.5 Å². The van der Waals surface area contributed by atoms with Gasteiger partial charge in [0.25, 0.3) is 5.69 Å². The van der Waals surface area contributed by atoms with Crippen molar-refractivity contribution in [2.75, 3.05) is 6.54 Å². The molecule has 2 atom stereocenters. The molecule has 1 saturated heterocycles. The third kappa shape index (κ3) is 4.15. The highest BCUT2D eigenvalue weighted by Crippen LogP contribution is 2.35. The van der Waals surface area contributed by atoms with Crippen molar-refractivity contribution in [1.29, 1.82) is 0 Å². The number of nitrogens with zero attached hydrogens (tertiary/aromatic N) is 2. The predicted octanol–water partition coefficient (Wildman–Crippen LogP) is 2.06. The van der Waals surface area contributed by atoms with E-state index < -0.39 is 51.1 Å². The van der Waals surface area contributed by atoms with Gasteiger partial charge in [0.05, 0.1) is 9.82 Å². The summed E-state index contributed by atoms with van der Waals surface area (Å²) in [6.45, 7) is -0.455. The largest absolute Gasteiger partial charge is 0.405 e. The van der Waals surface area contributed by atoms with Crippen LogP contribution >= 0.6 is 12.4 Å². The van der Waals surface area contributed by atoms with Crippen LogP contribution in [0.5, 0.6) is 0 Å². The molecule has 0 aliphatic carbocycles. The van der Waals surface area contributed by atoms with Crippen molar-refractivity contribution in [2.24, 2.45) is 5.73 Å². The molecule has 0 saturated carbocycles. The lowest BCUT2D eigenvalue weighted by Crippen LogP contribution is -2.56. The molecule has 1 aromatic rings. The maximum Gasteiger partial charge on any atom is 0.405 e. The van der Waals surface area contributed by atoms with Crippen LogP contribution in [0.1, 0.15) is 12.8 Å². The zero-order chi connectivity index (χ0) is 17.4. The summed E-state index contributed by atoms with van der Waals surface area (Å²) < 4.78 is 64.6. The van der Waals surface area contributed by atoms with E-state index in [-0.39, 0.29) is 24.5 Å². The SMILES string of the molecule is Cl.NC1CCC(C(F)(F)F)N(S(=O)(=O)c2ccc([N+](=O)[O-])cc2)C1. The smallest absolute Gasteiger partial charge is 0.327 e. The van der Waals surface area contributed by atoms with E-state index >= 15 is 0 Å². The van der Waals surface area contributed by atoms with Gasteiger partial charge in [0.1, 0.15) is 6.04 Å². The van der Waals surface area contributed by atoms with Crippen LogP contribution in [0.2, 0.25) is 0 Å². The van der Waals surface area contributed by atoms with E-state index in [2.05, 4.69) is 0 Å². The highest BCUT2D eigenvalue weighted by atomic mass is 35.5. The molecule has 0 aromatic heterocycles. The first-order chi connectivity index (χ1) is 10.5.